The van der Waals surface area contributed by atoms with E-state index in [1.54, 1.807) is 0 Å². The second kappa shape index (κ2) is 10.2. The number of anilines is 2. The lowest BCUT2D eigenvalue weighted by Crippen LogP contribution is -2.45. The monoisotopic (exact) mass is 440 g/mol. The number of carbonyl (C=O) groups is 1. The van der Waals surface area contributed by atoms with Gasteiger partial charge in [-0.05, 0) is 34.7 Å². The van der Waals surface area contributed by atoms with E-state index in [0.29, 0.717) is 5.56 Å². The smallest absolute Gasteiger partial charge is 0.307 e. The van der Waals surface area contributed by atoms with E-state index >= 15 is 0 Å². The van der Waals surface area contributed by atoms with Crippen molar-refractivity contribution < 1.29 is 9.90 Å². The summed E-state index contributed by atoms with van der Waals surface area (Å²) in [6.45, 7) is 3.65. The second-order valence-corrected chi connectivity index (χ2v) is 8.48. The molecule has 1 aliphatic rings. The van der Waals surface area contributed by atoms with Gasteiger partial charge in [-0.1, -0.05) is 67.6 Å². The first-order valence-corrected chi connectivity index (χ1v) is 11.2. The van der Waals surface area contributed by atoms with Gasteiger partial charge in [0.2, 0.25) is 0 Å². The highest BCUT2D eigenvalue weighted by atomic mass is 16.4. The van der Waals surface area contributed by atoms with Gasteiger partial charge in [0.1, 0.15) is 6.07 Å². The van der Waals surface area contributed by atoms with Crippen LogP contribution in [-0.2, 0) is 11.2 Å². The van der Waals surface area contributed by atoms with Crippen LogP contribution >= 0.6 is 0 Å². The van der Waals surface area contributed by atoms with E-state index in [-0.39, 0.29) is 24.4 Å². The number of hydrogen-bond donors (Lipinski definition) is 4. The summed E-state index contributed by atoms with van der Waals surface area (Å²) >= 11 is 0. The summed E-state index contributed by atoms with van der Waals surface area (Å²) in [7, 11) is 0. The SMILES string of the molecule is CC(CN[C@H](c1ccccc1)[C@H]1CNc2cccc(C#N)c2N1)c1ccc(CC(=O)O)cc1. The number of carboxylic acids is 1. The van der Waals surface area contributed by atoms with Gasteiger partial charge in [0.25, 0.3) is 0 Å². The van der Waals surface area contributed by atoms with Crippen LogP contribution in [0.4, 0.5) is 11.4 Å². The maximum atomic E-state index is 10.9. The number of rotatable bonds is 8. The Kier molecular flexibility index (Phi) is 6.92. The zero-order valence-corrected chi connectivity index (χ0v) is 18.6. The van der Waals surface area contributed by atoms with Crippen LogP contribution in [0.15, 0.2) is 72.8 Å². The van der Waals surface area contributed by atoms with E-state index in [1.807, 2.05) is 60.7 Å². The van der Waals surface area contributed by atoms with Crippen molar-refractivity contribution in [2.75, 3.05) is 23.7 Å². The lowest BCUT2D eigenvalue weighted by atomic mass is 9.94. The minimum atomic E-state index is -0.821. The number of fused-ring (bicyclic) bond motifs is 1. The van der Waals surface area contributed by atoms with Gasteiger partial charge in [-0.15, -0.1) is 0 Å². The van der Waals surface area contributed by atoms with E-state index in [2.05, 4.69) is 41.1 Å². The van der Waals surface area contributed by atoms with Gasteiger partial charge in [0, 0.05) is 13.1 Å². The van der Waals surface area contributed by atoms with Crippen molar-refractivity contribution in [1.29, 1.82) is 5.26 Å². The number of nitrogens with one attached hydrogen (secondary N) is 3. The molecule has 6 nitrogen and oxygen atoms in total. The fourth-order valence-corrected chi connectivity index (χ4v) is 4.32. The first-order valence-electron chi connectivity index (χ1n) is 11.2. The number of carboxylic acid groups (broad SMARTS) is 1. The quantitative estimate of drug-likeness (QED) is 0.411. The predicted molar refractivity (Wildman–Crippen MR) is 130 cm³/mol. The average molecular weight is 441 g/mol. The van der Waals surface area contributed by atoms with Crippen LogP contribution in [0.5, 0.6) is 0 Å². The molecule has 0 amide bonds. The average Bonchev–Trinajstić information content (AvgIpc) is 2.84. The molecule has 1 unspecified atom stereocenters. The number of para-hydroxylation sites is 1. The highest BCUT2D eigenvalue weighted by molar-refractivity contribution is 5.77. The molecule has 0 saturated heterocycles. The van der Waals surface area contributed by atoms with Crippen LogP contribution in [-0.4, -0.2) is 30.2 Å². The van der Waals surface area contributed by atoms with Crippen molar-refractivity contribution in [2.24, 2.45) is 0 Å². The van der Waals surface area contributed by atoms with Gasteiger partial charge in [-0.2, -0.15) is 5.26 Å². The third kappa shape index (κ3) is 5.33. The van der Waals surface area contributed by atoms with Crippen molar-refractivity contribution in [1.82, 2.24) is 5.32 Å². The molecular formula is C27H28N4O2. The summed E-state index contributed by atoms with van der Waals surface area (Å²) in [5, 5.41) is 29.3. The van der Waals surface area contributed by atoms with E-state index in [0.717, 1.165) is 35.6 Å². The topological polar surface area (TPSA) is 97.2 Å². The van der Waals surface area contributed by atoms with Gasteiger partial charge >= 0.3 is 5.97 Å². The summed E-state index contributed by atoms with van der Waals surface area (Å²) in [6, 6.07) is 26.2. The Bertz CT molecular complexity index is 1140. The van der Waals surface area contributed by atoms with Crippen molar-refractivity contribution in [3.05, 3.63) is 95.1 Å². The molecule has 0 bridgehead atoms. The van der Waals surface area contributed by atoms with Gasteiger partial charge in [-0.25, -0.2) is 0 Å². The van der Waals surface area contributed by atoms with Crippen LogP contribution in [0.25, 0.3) is 0 Å². The molecule has 3 aromatic carbocycles. The molecule has 1 heterocycles. The standard InChI is InChI=1S/C27H28N4O2/c1-18(20-12-10-19(11-13-20)14-25(32)33)16-30-26(21-6-3-2-4-7-21)24-17-29-23-9-5-8-22(15-28)27(23)31-24/h2-13,18,24,26,29-31H,14,16-17H2,1H3,(H,32,33)/t18?,24-,26-/m1/s1. The number of aliphatic carboxylic acids is 1. The highest BCUT2D eigenvalue weighted by Gasteiger charge is 2.28. The van der Waals surface area contributed by atoms with Crippen molar-refractivity contribution in [3.63, 3.8) is 0 Å². The fraction of sp³-hybridized carbons (Fsp3) is 0.259. The largest absolute Gasteiger partial charge is 0.481 e. The molecule has 6 heteroatoms. The molecule has 4 N–H and O–H groups in total. The Morgan fingerprint density at radius 3 is 2.55 bits per heavy atom. The number of nitrogens with zero attached hydrogens (tertiary/aromatic N) is 1. The molecule has 0 aromatic heterocycles. The first-order chi connectivity index (χ1) is 16.0. The van der Waals surface area contributed by atoms with Crippen molar-refractivity contribution in [3.8, 4) is 6.07 Å². The summed E-state index contributed by atoms with van der Waals surface area (Å²) in [5.41, 5.74) is 5.58. The van der Waals surface area contributed by atoms with E-state index in [4.69, 9.17) is 5.11 Å². The zero-order valence-electron chi connectivity index (χ0n) is 18.6. The Morgan fingerprint density at radius 2 is 1.85 bits per heavy atom. The number of hydrogen-bond acceptors (Lipinski definition) is 5. The lowest BCUT2D eigenvalue weighted by molar-refractivity contribution is -0.136. The normalized spacial score (nSPS) is 16.4. The molecule has 0 radical (unpaired) electrons. The van der Waals surface area contributed by atoms with Crippen LogP contribution in [0.3, 0.4) is 0 Å². The second-order valence-electron chi connectivity index (χ2n) is 8.48. The number of nitriles is 1. The van der Waals surface area contributed by atoms with Crippen LogP contribution in [0, 0.1) is 11.3 Å². The van der Waals surface area contributed by atoms with Crippen LogP contribution in [0.1, 0.15) is 41.1 Å². The molecule has 4 rings (SSSR count). The summed E-state index contributed by atoms with van der Waals surface area (Å²) < 4.78 is 0. The minimum Gasteiger partial charge on any atom is -0.481 e. The highest BCUT2D eigenvalue weighted by Crippen LogP contribution is 2.33. The van der Waals surface area contributed by atoms with E-state index < -0.39 is 5.97 Å². The summed E-state index contributed by atoms with van der Waals surface area (Å²) in [6.07, 6.45) is 0.0372. The molecule has 3 atom stereocenters. The molecule has 0 saturated carbocycles. The third-order valence-electron chi connectivity index (χ3n) is 6.14. The Morgan fingerprint density at radius 1 is 1.09 bits per heavy atom. The van der Waals surface area contributed by atoms with Gasteiger partial charge in [0.05, 0.1) is 35.4 Å². The summed E-state index contributed by atoms with van der Waals surface area (Å²) in [5.74, 6) is -0.577. The molecule has 0 aliphatic carbocycles. The van der Waals surface area contributed by atoms with Crippen molar-refractivity contribution in [2.45, 2.75) is 31.3 Å². The van der Waals surface area contributed by atoms with Crippen LogP contribution in [0.2, 0.25) is 0 Å². The lowest BCUT2D eigenvalue weighted by Gasteiger charge is -2.36. The van der Waals surface area contributed by atoms with E-state index in [9.17, 15) is 10.1 Å². The molecule has 3 aromatic rings. The molecule has 168 valence electrons. The third-order valence-corrected chi connectivity index (χ3v) is 6.14. The van der Waals surface area contributed by atoms with Crippen molar-refractivity contribution >= 4 is 17.3 Å². The Balaban J connectivity index is 1.50. The molecule has 0 spiro atoms. The fourth-order valence-electron chi connectivity index (χ4n) is 4.32. The van der Waals surface area contributed by atoms with E-state index in [1.165, 1.54) is 5.56 Å². The van der Waals surface area contributed by atoms with Gasteiger partial charge in [0.15, 0.2) is 0 Å². The maximum absolute atomic E-state index is 10.9. The minimum absolute atomic E-state index is 0.0346. The maximum Gasteiger partial charge on any atom is 0.307 e. The molecule has 1 aliphatic heterocycles. The Labute approximate surface area is 194 Å². The van der Waals surface area contributed by atoms with Gasteiger partial charge in [-0.3, -0.25) is 4.79 Å². The first kappa shape index (κ1) is 22.4. The summed E-state index contributed by atoms with van der Waals surface area (Å²) in [4.78, 5) is 10.9. The van der Waals surface area contributed by atoms with Gasteiger partial charge < -0.3 is 21.1 Å². The van der Waals surface area contributed by atoms with Crippen LogP contribution < -0.4 is 16.0 Å². The molecular weight excluding hydrogens is 412 g/mol. The molecule has 0 fully saturated rings. The zero-order chi connectivity index (χ0) is 23.2. The predicted octanol–water partition coefficient (Wildman–Crippen LogP) is 4.53. The Hall–Kier alpha value is -3.82. The number of benzene rings is 3. The molecule has 33 heavy (non-hydrogen) atoms.